The summed E-state index contributed by atoms with van der Waals surface area (Å²) in [6, 6.07) is 5.25. The summed E-state index contributed by atoms with van der Waals surface area (Å²) in [5.74, 6) is -2.73. The number of fused-ring (bicyclic) bond motifs is 1. The molecule has 1 aromatic heterocycles. The van der Waals surface area contributed by atoms with Gasteiger partial charge in [0.05, 0.1) is 6.54 Å². The lowest BCUT2D eigenvalue weighted by Gasteiger charge is -2.19. The van der Waals surface area contributed by atoms with Gasteiger partial charge in [-0.1, -0.05) is 0 Å². The Morgan fingerprint density at radius 3 is 2.53 bits per heavy atom. The van der Waals surface area contributed by atoms with Gasteiger partial charge in [-0.05, 0) is 43.9 Å². The van der Waals surface area contributed by atoms with E-state index in [1.807, 2.05) is 0 Å². The van der Waals surface area contributed by atoms with E-state index in [0.29, 0.717) is 23.1 Å². The molecule has 36 heavy (non-hydrogen) atoms. The van der Waals surface area contributed by atoms with Crippen LogP contribution in [0.4, 0.5) is 5.69 Å². The third-order valence-corrected chi connectivity index (χ3v) is 5.06. The SMILES string of the molecule is Cc1cc(=O)oc2cc(NC(=O)C(CCCN=C(N)N)NC(=O)CNC(=O)CCCC(=O)O)ccc12. The fourth-order valence-electron chi connectivity index (χ4n) is 3.32. The molecule has 194 valence electrons. The summed E-state index contributed by atoms with van der Waals surface area (Å²) < 4.78 is 5.20. The molecule has 13 heteroatoms. The van der Waals surface area contributed by atoms with E-state index in [9.17, 15) is 24.0 Å². The van der Waals surface area contributed by atoms with Crippen LogP contribution >= 0.6 is 0 Å². The zero-order chi connectivity index (χ0) is 26.7. The molecule has 1 atom stereocenters. The fraction of sp³-hybridized carbons (Fsp3) is 0.391. The van der Waals surface area contributed by atoms with Gasteiger partial charge in [-0.2, -0.15) is 0 Å². The van der Waals surface area contributed by atoms with E-state index in [1.165, 1.54) is 12.1 Å². The van der Waals surface area contributed by atoms with Crippen LogP contribution in [-0.4, -0.2) is 53.9 Å². The van der Waals surface area contributed by atoms with Gasteiger partial charge in [0.25, 0.3) is 0 Å². The number of nitrogens with two attached hydrogens (primary N) is 2. The molecule has 0 fully saturated rings. The van der Waals surface area contributed by atoms with Crippen LogP contribution in [0.2, 0.25) is 0 Å². The van der Waals surface area contributed by atoms with Gasteiger partial charge in [-0.15, -0.1) is 0 Å². The normalized spacial score (nSPS) is 11.4. The summed E-state index contributed by atoms with van der Waals surface area (Å²) in [5, 5.41) is 17.0. The predicted molar refractivity (Wildman–Crippen MR) is 132 cm³/mol. The number of amides is 3. The van der Waals surface area contributed by atoms with Crippen molar-refractivity contribution in [2.24, 2.45) is 16.5 Å². The van der Waals surface area contributed by atoms with Crippen LogP contribution in [0.15, 0.2) is 38.5 Å². The maximum Gasteiger partial charge on any atom is 0.336 e. The number of carboxylic acid groups (broad SMARTS) is 1. The Morgan fingerprint density at radius 1 is 1.08 bits per heavy atom. The van der Waals surface area contributed by atoms with Gasteiger partial charge >= 0.3 is 11.6 Å². The number of hydrogen-bond acceptors (Lipinski definition) is 7. The third-order valence-electron chi connectivity index (χ3n) is 5.06. The molecule has 0 spiro atoms. The molecule has 2 aromatic rings. The molecule has 0 saturated carbocycles. The van der Waals surface area contributed by atoms with Gasteiger partial charge in [0.1, 0.15) is 11.6 Å². The highest BCUT2D eigenvalue weighted by Crippen LogP contribution is 2.21. The largest absolute Gasteiger partial charge is 0.481 e. The number of carbonyl (C=O) groups excluding carboxylic acids is 3. The van der Waals surface area contributed by atoms with E-state index in [1.54, 1.807) is 19.1 Å². The van der Waals surface area contributed by atoms with Gasteiger partial charge in [-0.3, -0.25) is 24.2 Å². The second kappa shape index (κ2) is 13.5. The number of aryl methyl sites for hydroxylation is 1. The van der Waals surface area contributed by atoms with Crippen molar-refractivity contribution in [3.05, 3.63) is 40.2 Å². The monoisotopic (exact) mass is 502 g/mol. The Hall–Kier alpha value is -4.42. The molecule has 0 saturated heterocycles. The van der Waals surface area contributed by atoms with Gasteiger partial charge < -0.3 is 36.9 Å². The molecule has 0 aliphatic rings. The van der Waals surface area contributed by atoms with Gasteiger partial charge in [-0.25, -0.2) is 4.79 Å². The van der Waals surface area contributed by atoms with Crippen LogP contribution in [0.5, 0.6) is 0 Å². The lowest BCUT2D eigenvalue weighted by Crippen LogP contribution is -2.47. The number of carboxylic acids is 1. The summed E-state index contributed by atoms with van der Waals surface area (Å²) in [6.45, 7) is 1.62. The first-order valence-electron chi connectivity index (χ1n) is 11.2. The Morgan fingerprint density at radius 2 is 1.83 bits per heavy atom. The van der Waals surface area contributed by atoms with Crippen LogP contribution in [-0.2, 0) is 19.2 Å². The number of rotatable bonds is 13. The molecule has 3 amide bonds. The van der Waals surface area contributed by atoms with Crippen molar-refractivity contribution in [2.75, 3.05) is 18.4 Å². The first kappa shape index (κ1) is 27.8. The van der Waals surface area contributed by atoms with Crippen LogP contribution < -0.4 is 33.0 Å². The van der Waals surface area contributed by atoms with Crippen LogP contribution in [0.3, 0.4) is 0 Å². The highest BCUT2D eigenvalue weighted by molar-refractivity contribution is 5.99. The fourth-order valence-corrected chi connectivity index (χ4v) is 3.32. The molecule has 8 N–H and O–H groups in total. The molecular formula is C23H30N6O7. The van der Waals surface area contributed by atoms with Crippen LogP contribution in [0.1, 0.15) is 37.7 Å². The standard InChI is InChI=1S/C23H30N6O7/c1-13-10-21(34)36-17-11-14(7-8-15(13)17)28-22(35)16(4-3-9-26-23(24)25)29-19(31)12-27-18(30)5-2-6-20(32)33/h7-8,10-11,16H,2-6,9,12H2,1H3,(H,27,30)(H,28,35)(H,29,31)(H,32,33)(H4,24,25,26). The minimum Gasteiger partial charge on any atom is -0.481 e. The van der Waals surface area contributed by atoms with E-state index in [4.69, 9.17) is 21.0 Å². The molecule has 0 bridgehead atoms. The van der Waals surface area contributed by atoms with Crippen molar-refractivity contribution in [2.45, 2.75) is 45.1 Å². The number of hydrogen-bond donors (Lipinski definition) is 6. The number of nitrogens with zero attached hydrogens (tertiary/aromatic N) is 1. The van der Waals surface area contributed by atoms with Gasteiger partial charge in [0, 0.05) is 42.6 Å². The quantitative estimate of drug-likeness (QED) is 0.0934. The average Bonchev–Trinajstić information content (AvgIpc) is 2.78. The summed E-state index contributed by atoms with van der Waals surface area (Å²) in [6.07, 6.45) is 0.519. The predicted octanol–water partition coefficient (Wildman–Crippen LogP) is -0.0506. The first-order chi connectivity index (χ1) is 17.0. The highest BCUT2D eigenvalue weighted by Gasteiger charge is 2.21. The smallest absolute Gasteiger partial charge is 0.336 e. The van der Waals surface area contributed by atoms with E-state index in [0.717, 1.165) is 5.56 Å². The summed E-state index contributed by atoms with van der Waals surface area (Å²) in [4.78, 5) is 63.2. The van der Waals surface area contributed by atoms with Crippen molar-refractivity contribution in [1.29, 1.82) is 0 Å². The van der Waals surface area contributed by atoms with E-state index in [-0.39, 0.29) is 44.7 Å². The van der Waals surface area contributed by atoms with E-state index in [2.05, 4.69) is 20.9 Å². The zero-order valence-corrected chi connectivity index (χ0v) is 19.8. The number of aliphatic imine (C=N–C) groups is 1. The molecule has 1 aromatic carbocycles. The minimum absolute atomic E-state index is 0.0421. The lowest BCUT2D eigenvalue weighted by atomic mass is 10.1. The molecule has 0 aliphatic heterocycles. The molecule has 13 nitrogen and oxygen atoms in total. The van der Waals surface area contributed by atoms with Crippen molar-refractivity contribution < 1.29 is 28.7 Å². The van der Waals surface area contributed by atoms with Crippen molar-refractivity contribution in [1.82, 2.24) is 10.6 Å². The number of guanidine groups is 1. The maximum atomic E-state index is 12.9. The lowest BCUT2D eigenvalue weighted by molar-refractivity contribution is -0.137. The zero-order valence-electron chi connectivity index (χ0n) is 19.8. The number of nitrogens with one attached hydrogen (secondary N) is 3. The average molecular weight is 503 g/mol. The van der Waals surface area contributed by atoms with Crippen molar-refractivity contribution in [3.8, 4) is 0 Å². The number of aliphatic carboxylic acids is 1. The molecule has 0 radical (unpaired) electrons. The Balaban J connectivity index is 2.03. The molecule has 1 unspecified atom stereocenters. The Bertz CT molecular complexity index is 1200. The summed E-state index contributed by atoms with van der Waals surface area (Å²) in [7, 11) is 0. The molecule has 2 rings (SSSR count). The summed E-state index contributed by atoms with van der Waals surface area (Å²) >= 11 is 0. The van der Waals surface area contributed by atoms with E-state index < -0.39 is 35.4 Å². The Kier molecular flexibility index (Phi) is 10.4. The number of carbonyl (C=O) groups is 4. The molecule has 0 aliphatic carbocycles. The van der Waals surface area contributed by atoms with Crippen LogP contribution in [0, 0.1) is 6.92 Å². The molecular weight excluding hydrogens is 472 g/mol. The summed E-state index contributed by atoms with van der Waals surface area (Å²) in [5.41, 5.74) is 11.5. The van der Waals surface area contributed by atoms with Crippen LogP contribution in [0.25, 0.3) is 11.0 Å². The first-order valence-corrected chi connectivity index (χ1v) is 11.2. The van der Waals surface area contributed by atoms with Gasteiger partial charge in [0.15, 0.2) is 5.96 Å². The number of anilines is 1. The van der Waals surface area contributed by atoms with Crippen molar-refractivity contribution >= 4 is 46.3 Å². The number of benzene rings is 1. The Labute approximate surface area is 206 Å². The topological polar surface area (TPSA) is 219 Å². The minimum atomic E-state index is -1.01. The highest BCUT2D eigenvalue weighted by atomic mass is 16.4. The molecule has 1 heterocycles. The second-order valence-corrected chi connectivity index (χ2v) is 8.04. The van der Waals surface area contributed by atoms with E-state index >= 15 is 0 Å². The maximum absolute atomic E-state index is 12.9. The third kappa shape index (κ3) is 9.44. The van der Waals surface area contributed by atoms with Gasteiger partial charge in [0.2, 0.25) is 17.7 Å². The van der Waals surface area contributed by atoms with Crippen molar-refractivity contribution in [3.63, 3.8) is 0 Å². The second-order valence-electron chi connectivity index (χ2n) is 8.04.